The molecule has 2 aromatic rings. The van der Waals surface area contributed by atoms with Crippen LogP contribution in [0.2, 0.25) is 0 Å². The number of aliphatic imine (C=N–C) groups is 2. The van der Waals surface area contributed by atoms with Crippen LogP contribution in [-0.4, -0.2) is 58.1 Å². The Hall–Kier alpha value is -3.19. The standard InChI is InChI=1S/C19H18N4O3/c24-9-10-26-16-5-1-4-14-18(16)22-17(23-8-7-21-19(14)23)11-15(25)13-3-2-6-20-12-13/h1-6,11-12,24-25H,7-10H2/b15-11-. The molecule has 4 rings (SSSR count). The van der Waals surface area contributed by atoms with E-state index in [4.69, 9.17) is 14.8 Å². The highest BCUT2D eigenvalue weighted by Crippen LogP contribution is 2.37. The smallest absolute Gasteiger partial charge is 0.145 e. The first-order valence-corrected chi connectivity index (χ1v) is 8.36. The zero-order chi connectivity index (χ0) is 17.9. The van der Waals surface area contributed by atoms with Gasteiger partial charge in [0.2, 0.25) is 0 Å². The monoisotopic (exact) mass is 350 g/mol. The number of pyridine rings is 1. The fourth-order valence-electron chi connectivity index (χ4n) is 3.00. The molecule has 0 saturated heterocycles. The van der Waals surface area contributed by atoms with Gasteiger partial charge in [0.25, 0.3) is 0 Å². The van der Waals surface area contributed by atoms with E-state index in [2.05, 4.69) is 9.98 Å². The fourth-order valence-corrected chi connectivity index (χ4v) is 3.00. The molecule has 0 bridgehead atoms. The van der Waals surface area contributed by atoms with E-state index >= 15 is 0 Å². The van der Waals surface area contributed by atoms with Crippen molar-refractivity contribution in [3.05, 3.63) is 59.9 Å². The van der Waals surface area contributed by atoms with Crippen LogP contribution in [0.1, 0.15) is 11.1 Å². The Morgan fingerprint density at radius 3 is 3.00 bits per heavy atom. The average Bonchev–Trinajstić information content (AvgIpc) is 3.17. The normalized spacial score (nSPS) is 15.9. The third-order valence-electron chi connectivity index (χ3n) is 4.16. The molecule has 2 aliphatic rings. The number of amidine groups is 2. The van der Waals surface area contributed by atoms with Crippen molar-refractivity contribution < 1.29 is 14.9 Å². The van der Waals surface area contributed by atoms with Gasteiger partial charge in [-0.3, -0.25) is 9.98 Å². The summed E-state index contributed by atoms with van der Waals surface area (Å²) < 4.78 is 5.62. The zero-order valence-electron chi connectivity index (χ0n) is 14.0. The maximum absolute atomic E-state index is 10.5. The number of rotatable bonds is 5. The lowest BCUT2D eigenvalue weighted by Gasteiger charge is -2.27. The number of aliphatic hydroxyl groups is 2. The minimum atomic E-state index is -0.0744. The second kappa shape index (κ2) is 6.97. The molecule has 1 aromatic heterocycles. The first-order valence-electron chi connectivity index (χ1n) is 8.36. The molecule has 7 nitrogen and oxygen atoms in total. The molecule has 0 saturated carbocycles. The lowest BCUT2D eigenvalue weighted by Crippen LogP contribution is -2.36. The van der Waals surface area contributed by atoms with Crippen LogP contribution in [0, 0.1) is 0 Å². The summed E-state index contributed by atoms with van der Waals surface area (Å²) in [5.41, 5.74) is 2.16. The van der Waals surface area contributed by atoms with Gasteiger partial charge in [0, 0.05) is 36.1 Å². The van der Waals surface area contributed by atoms with E-state index in [0.717, 1.165) is 11.4 Å². The fraction of sp³-hybridized carbons (Fsp3) is 0.211. The summed E-state index contributed by atoms with van der Waals surface area (Å²) in [6, 6.07) is 9.19. The SMILES string of the molecule is OCCOc1cccc2c1N=C(/C=C(\O)c1cccnc1)N1CCN=C21. The third kappa shape index (κ3) is 2.93. The van der Waals surface area contributed by atoms with Crippen molar-refractivity contribution in [2.45, 2.75) is 0 Å². The number of hydrogen-bond acceptors (Lipinski definition) is 7. The minimum Gasteiger partial charge on any atom is -0.507 e. The Kier molecular flexibility index (Phi) is 4.37. The highest BCUT2D eigenvalue weighted by Gasteiger charge is 2.30. The van der Waals surface area contributed by atoms with Crippen molar-refractivity contribution >= 4 is 23.1 Å². The Balaban J connectivity index is 1.79. The second-order valence-electron chi connectivity index (χ2n) is 5.82. The van der Waals surface area contributed by atoms with Crippen molar-refractivity contribution in [1.29, 1.82) is 0 Å². The van der Waals surface area contributed by atoms with Gasteiger partial charge in [-0.05, 0) is 24.3 Å². The molecule has 0 atom stereocenters. The van der Waals surface area contributed by atoms with Crippen LogP contribution in [-0.2, 0) is 0 Å². The number of nitrogens with zero attached hydrogens (tertiary/aromatic N) is 4. The second-order valence-corrected chi connectivity index (χ2v) is 5.82. The zero-order valence-corrected chi connectivity index (χ0v) is 14.0. The van der Waals surface area contributed by atoms with Crippen LogP contribution in [0.5, 0.6) is 5.75 Å². The first kappa shape index (κ1) is 16.3. The van der Waals surface area contributed by atoms with E-state index in [0.29, 0.717) is 35.9 Å². The highest BCUT2D eigenvalue weighted by molar-refractivity contribution is 6.20. The quantitative estimate of drug-likeness (QED) is 0.807. The topological polar surface area (TPSA) is 90.5 Å². The maximum atomic E-state index is 10.5. The maximum Gasteiger partial charge on any atom is 0.145 e. The van der Waals surface area contributed by atoms with E-state index < -0.39 is 0 Å². The van der Waals surface area contributed by atoms with Gasteiger partial charge in [0.05, 0.1) is 13.2 Å². The summed E-state index contributed by atoms with van der Waals surface area (Å²) in [5.74, 6) is 2.07. The molecule has 1 aromatic carbocycles. The Morgan fingerprint density at radius 2 is 2.19 bits per heavy atom. The molecule has 0 aliphatic carbocycles. The van der Waals surface area contributed by atoms with Crippen molar-refractivity contribution in [3.8, 4) is 5.75 Å². The minimum absolute atomic E-state index is 0.0744. The number of ether oxygens (including phenoxy) is 1. The predicted molar refractivity (Wildman–Crippen MR) is 99.1 cm³/mol. The van der Waals surface area contributed by atoms with Gasteiger partial charge in [-0.1, -0.05) is 6.07 Å². The van der Waals surface area contributed by atoms with E-state index in [9.17, 15) is 5.11 Å². The molecule has 0 radical (unpaired) electrons. The summed E-state index contributed by atoms with van der Waals surface area (Å²) in [7, 11) is 0. The van der Waals surface area contributed by atoms with Gasteiger partial charge in [0.1, 0.15) is 35.5 Å². The first-order chi connectivity index (χ1) is 12.8. The van der Waals surface area contributed by atoms with E-state index in [1.165, 1.54) is 0 Å². The number of aliphatic hydroxyl groups excluding tert-OH is 2. The van der Waals surface area contributed by atoms with Gasteiger partial charge in [-0.15, -0.1) is 0 Å². The molecule has 7 heteroatoms. The lowest BCUT2D eigenvalue weighted by molar-refractivity contribution is 0.202. The summed E-state index contributed by atoms with van der Waals surface area (Å²) in [6.07, 6.45) is 4.86. The molecule has 0 amide bonds. The molecule has 26 heavy (non-hydrogen) atoms. The van der Waals surface area contributed by atoms with Crippen LogP contribution in [0.3, 0.4) is 0 Å². The molecule has 2 N–H and O–H groups in total. The Morgan fingerprint density at radius 1 is 1.27 bits per heavy atom. The number of aromatic nitrogens is 1. The lowest BCUT2D eigenvalue weighted by atomic mass is 10.1. The van der Waals surface area contributed by atoms with Crippen LogP contribution >= 0.6 is 0 Å². The summed E-state index contributed by atoms with van der Waals surface area (Å²) in [5, 5.41) is 19.5. The van der Waals surface area contributed by atoms with Gasteiger partial charge in [-0.2, -0.15) is 0 Å². The number of benzene rings is 1. The molecule has 0 spiro atoms. The summed E-state index contributed by atoms with van der Waals surface area (Å²) in [4.78, 5) is 15.3. The highest BCUT2D eigenvalue weighted by atomic mass is 16.5. The van der Waals surface area contributed by atoms with Crippen LogP contribution < -0.4 is 4.74 Å². The molecular formula is C19H18N4O3. The molecule has 0 fully saturated rings. The van der Waals surface area contributed by atoms with Crippen LogP contribution in [0.25, 0.3) is 5.76 Å². The Labute approximate surface area is 150 Å². The number of para-hydroxylation sites is 1. The Bertz CT molecular complexity index is 906. The van der Waals surface area contributed by atoms with Gasteiger partial charge < -0.3 is 19.8 Å². The average molecular weight is 350 g/mol. The van der Waals surface area contributed by atoms with Crippen molar-refractivity contribution in [2.24, 2.45) is 9.98 Å². The van der Waals surface area contributed by atoms with E-state index in [-0.39, 0.29) is 19.0 Å². The van der Waals surface area contributed by atoms with Crippen molar-refractivity contribution in [2.75, 3.05) is 26.3 Å². The molecular weight excluding hydrogens is 332 g/mol. The number of fused-ring (bicyclic) bond motifs is 3. The van der Waals surface area contributed by atoms with Crippen molar-refractivity contribution in [1.82, 2.24) is 9.88 Å². The van der Waals surface area contributed by atoms with Crippen LogP contribution in [0.15, 0.2) is 58.8 Å². The number of hydrogen-bond donors (Lipinski definition) is 2. The van der Waals surface area contributed by atoms with Gasteiger partial charge >= 0.3 is 0 Å². The molecule has 2 aliphatic heterocycles. The molecule has 132 valence electrons. The largest absolute Gasteiger partial charge is 0.507 e. The summed E-state index contributed by atoms with van der Waals surface area (Å²) >= 11 is 0. The van der Waals surface area contributed by atoms with Gasteiger partial charge in [-0.25, -0.2) is 4.99 Å². The molecule has 3 heterocycles. The van der Waals surface area contributed by atoms with E-state index in [1.54, 1.807) is 30.6 Å². The van der Waals surface area contributed by atoms with Crippen LogP contribution in [0.4, 0.5) is 5.69 Å². The van der Waals surface area contributed by atoms with Gasteiger partial charge in [0.15, 0.2) is 0 Å². The summed E-state index contributed by atoms with van der Waals surface area (Å²) in [6.45, 7) is 1.48. The predicted octanol–water partition coefficient (Wildman–Crippen LogP) is 2.16. The van der Waals surface area contributed by atoms with Crippen molar-refractivity contribution in [3.63, 3.8) is 0 Å². The third-order valence-corrected chi connectivity index (χ3v) is 4.16. The van der Waals surface area contributed by atoms with E-state index in [1.807, 2.05) is 23.1 Å². The molecule has 0 unspecified atom stereocenters.